The number of nitrogens with zero attached hydrogens (tertiary/aromatic N) is 2. The molecule has 1 aromatic rings. The van der Waals surface area contributed by atoms with Crippen molar-refractivity contribution in [2.45, 2.75) is 18.7 Å². The molecule has 0 atom stereocenters. The second-order valence-corrected chi connectivity index (χ2v) is 7.38. The maximum absolute atomic E-state index is 12.8. The zero-order valence-electron chi connectivity index (χ0n) is 14.3. The van der Waals surface area contributed by atoms with E-state index in [0.29, 0.717) is 57.4 Å². The van der Waals surface area contributed by atoms with Gasteiger partial charge < -0.3 is 14.6 Å². The first-order valence-electron chi connectivity index (χ1n) is 8.26. The van der Waals surface area contributed by atoms with Crippen molar-refractivity contribution in [1.82, 2.24) is 9.21 Å². The van der Waals surface area contributed by atoms with Gasteiger partial charge in [0.2, 0.25) is 10.0 Å². The summed E-state index contributed by atoms with van der Waals surface area (Å²) in [4.78, 5) is 2.26. The lowest BCUT2D eigenvalue weighted by molar-refractivity contribution is 0.151. The van der Waals surface area contributed by atoms with Crippen molar-refractivity contribution < 1.29 is 23.0 Å². The summed E-state index contributed by atoms with van der Waals surface area (Å²) in [6.45, 7) is 7.37. The molecule has 0 aliphatic carbocycles. The van der Waals surface area contributed by atoms with Gasteiger partial charge in [-0.2, -0.15) is 4.31 Å². The van der Waals surface area contributed by atoms with Gasteiger partial charge in [0.15, 0.2) is 11.5 Å². The Morgan fingerprint density at radius 3 is 2.25 bits per heavy atom. The molecule has 1 aliphatic heterocycles. The van der Waals surface area contributed by atoms with E-state index in [2.05, 4.69) is 4.90 Å². The highest BCUT2D eigenvalue weighted by atomic mass is 32.2. The number of benzene rings is 1. The van der Waals surface area contributed by atoms with Crippen LogP contribution in [0.15, 0.2) is 23.1 Å². The summed E-state index contributed by atoms with van der Waals surface area (Å²) in [5.41, 5.74) is 0. The van der Waals surface area contributed by atoms with Gasteiger partial charge in [0.25, 0.3) is 0 Å². The van der Waals surface area contributed by atoms with Crippen molar-refractivity contribution >= 4 is 10.0 Å². The van der Waals surface area contributed by atoms with Gasteiger partial charge in [-0.05, 0) is 26.0 Å². The number of ether oxygens (including phenoxy) is 2. The lowest BCUT2D eigenvalue weighted by Gasteiger charge is -2.33. The van der Waals surface area contributed by atoms with E-state index in [1.165, 1.54) is 10.4 Å². The third kappa shape index (κ3) is 4.38. The first kappa shape index (κ1) is 19.0. The third-order valence-electron chi connectivity index (χ3n) is 3.90. The molecular weight excluding hydrogens is 332 g/mol. The number of β-amino-alcohol motifs (C(OH)–C–C–N with tert-alkyl or cyclic N) is 1. The topological polar surface area (TPSA) is 79.3 Å². The maximum atomic E-state index is 12.8. The predicted octanol–water partition coefficient (Wildman–Crippen LogP) is 0.783. The maximum Gasteiger partial charge on any atom is 0.243 e. The van der Waals surface area contributed by atoms with E-state index in [1.54, 1.807) is 12.1 Å². The number of rotatable bonds is 8. The first-order chi connectivity index (χ1) is 11.5. The Morgan fingerprint density at radius 1 is 1.04 bits per heavy atom. The summed E-state index contributed by atoms with van der Waals surface area (Å²) in [7, 11) is -3.56. The summed E-state index contributed by atoms with van der Waals surface area (Å²) in [6, 6.07) is 4.73. The molecule has 0 amide bonds. The van der Waals surface area contributed by atoms with Crippen LogP contribution in [-0.4, -0.2) is 75.3 Å². The Morgan fingerprint density at radius 2 is 1.67 bits per heavy atom. The minimum Gasteiger partial charge on any atom is -0.490 e. The van der Waals surface area contributed by atoms with Crippen LogP contribution in [-0.2, 0) is 10.0 Å². The van der Waals surface area contributed by atoms with E-state index >= 15 is 0 Å². The van der Waals surface area contributed by atoms with E-state index in [0.717, 1.165) is 0 Å². The monoisotopic (exact) mass is 358 g/mol. The molecule has 1 heterocycles. The summed E-state index contributed by atoms with van der Waals surface area (Å²) in [6.07, 6.45) is 0. The number of aliphatic hydroxyl groups excluding tert-OH is 1. The fraction of sp³-hybridized carbons (Fsp3) is 0.625. The molecule has 1 fully saturated rings. The largest absolute Gasteiger partial charge is 0.490 e. The van der Waals surface area contributed by atoms with Gasteiger partial charge in [-0.15, -0.1) is 0 Å². The molecule has 24 heavy (non-hydrogen) atoms. The van der Waals surface area contributed by atoms with Gasteiger partial charge in [0.05, 0.1) is 24.7 Å². The SMILES string of the molecule is CCOc1ccc(S(=O)(=O)N2CCN(CCO)CC2)cc1OCC. The zero-order valence-corrected chi connectivity index (χ0v) is 15.1. The van der Waals surface area contributed by atoms with E-state index in [-0.39, 0.29) is 11.5 Å². The standard InChI is InChI=1S/C16H26N2O5S/c1-3-22-15-6-5-14(13-16(15)23-4-2)24(20,21)18-9-7-17(8-10-18)11-12-19/h5-6,13,19H,3-4,7-12H2,1-2H3. The second kappa shape index (κ2) is 8.66. The molecule has 2 rings (SSSR count). The van der Waals surface area contributed by atoms with Crippen molar-refractivity contribution in [3.63, 3.8) is 0 Å². The molecule has 136 valence electrons. The highest BCUT2D eigenvalue weighted by molar-refractivity contribution is 7.89. The zero-order chi connectivity index (χ0) is 17.6. The Balaban J connectivity index is 2.18. The molecular formula is C16H26N2O5S. The molecule has 0 aromatic heterocycles. The minimum absolute atomic E-state index is 0.0867. The van der Waals surface area contributed by atoms with Gasteiger partial charge in [0, 0.05) is 38.8 Å². The van der Waals surface area contributed by atoms with Crippen LogP contribution < -0.4 is 9.47 Å². The van der Waals surface area contributed by atoms with Crippen LogP contribution in [0, 0.1) is 0 Å². The summed E-state index contributed by atoms with van der Waals surface area (Å²) in [5.74, 6) is 0.991. The molecule has 1 aliphatic rings. The van der Waals surface area contributed by atoms with Crippen LogP contribution in [0.3, 0.4) is 0 Å². The fourth-order valence-electron chi connectivity index (χ4n) is 2.68. The van der Waals surface area contributed by atoms with Crippen molar-refractivity contribution in [3.8, 4) is 11.5 Å². The molecule has 0 saturated carbocycles. The lowest BCUT2D eigenvalue weighted by atomic mass is 10.3. The van der Waals surface area contributed by atoms with Gasteiger partial charge in [-0.25, -0.2) is 8.42 Å². The second-order valence-electron chi connectivity index (χ2n) is 5.44. The molecule has 0 unspecified atom stereocenters. The van der Waals surface area contributed by atoms with E-state index in [9.17, 15) is 8.42 Å². The van der Waals surface area contributed by atoms with Crippen LogP contribution in [0.5, 0.6) is 11.5 Å². The number of aliphatic hydroxyl groups is 1. The Labute approximate surface area is 143 Å². The average molecular weight is 358 g/mol. The summed E-state index contributed by atoms with van der Waals surface area (Å²) in [5, 5.41) is 8.97. The van der Waals surface area contributed by atoms with Crippen molar-refractivity contribution in [3.05, 3.63) is 18.2 Å². The minimum atomic E-state index is -3.56. The van der Waals surface area contributed by atoms with Gasteiger partial charge >= 0.3 is 0 Å². The Kier molecular flexibility index (Phi) is 6.85. The number of sulfonamides is 1. The quantitative estimate of drug-likeness (QED) is 0.740. The molecule has 7 nitrogen and oxygen atoms in total. The smallest absolute Gasteiger partial charge is 0.243 e. The predicted molar refractivity (Wildman–Crippen MR) is 91.1 cm³/mol. The van der Waals surface area contributed by atoms with Crippen LogP contribution in [0.4, 0.5) is 0 Å². The summed E-state index contributed by atoms with van der Waals surface area (Å²) >= 11 is 0. The molecule has 1 aromatic carbocycles. The van der Waals surface area contributed by atoms with E-state index in [1.807, 2.05) is 13.8 Å². The van der Waals surface area contributed by atoms with Crippen LogP contribution >= 0.6 is 0 Å². The van der Waals surface area contributed by atoms with Crippen molar-refractivity contribution in [1.29, 1.82) is 0 Å². The van der Waals surface area contributed by atoms with E-state index in [4.69, 9.17) is 14.6 Å². The lowest BCUT2D eigenvalue weighted by Crippen LogP contribution is -2.49. The van der Waals surface area contributed by atoms with Crippen LogP contribution in [0.1, 0.15) is 13.8 Å². The highest BCUT2D eigenvalue weighted by Crippen LogP contribution is 2.31. The highest BCUT2D eigenvalue weighted by Gasteiger charge is 2.29. The Hall–Kier alpha value is -1.35. The Bertz CT molecular complexity index is 627. The normalized spacial score (nSPS) is 17.0. The van der Waals surface area contributed by atoms with Crippen LogP contribution in [0.25, 0.3) is 0 Å². The van der Waals surface area contributed by atoms with Gasteiger partial charge in [-0.3, -0.25) is 4.90 Å². The number of piperazine rings is 1. The summed E-state index contributed by atoms with van der Waals surface area (Å²) < 4.78 is 38.2. The van der Waals surface area contributed by atoms with Gasteiger partial charge in [0.1, 0.15) is 0 Å². The van der Waals surface area contributed by atoms with Gasteiger partial charge in [-0.1, -0.05) is 0 Å². The molecule has 0 radical (unpaired) electrons. The molecule has 0 bridgehead atoms. The van der Waals surface area contributed by atoms with Crippen molar-refractivity contribution in [2.75, 3.05) is 52.5 Å². The van der Waals surface area contributed by atoms with Crippen LogP contribution in [0.2, 0.25) is 0 Å². The van der Waals surface area contributed by atoms with Crippen molar-refractivity contribution in [2.24, 2.45) is 0 Å². The number of hydrogen-bond acceptors (Lipinski definition) is 6. The third-order valence-corrected chi connectivity index (χ3v) is 5.79. The molecule has 0 spiro atoms. The average Bonchev–Trinajstić information content (AvgIpc) is 2.57. The first-order valence-corrected chi connectivity index (χ1v) is 9.70. The molecule has 1 N–H and O–H groups in total. The fourth-order valence-corrected chi connectivity index (χ4v) is 4.11. The molecule has 8 heteroatoms. The van der Waals surface area contributed by atoms with E-state index < -0.39 is 10.0 Å². The number of hydrogen-bond donors (Lipinski definition) is 1. The molecule has 1 saturated heterocycles.